The van der Waals surface area contributed by atoms with Crippen LogP contribution in [0.15, 0.2) is 18.2 Å². The van der Waals surface area contributed by atoms with Crippen molar-refractivity contribution in [3.05, 3.63) is 29.3 Å². The first-order chi connectivity index (χ1) is 8.91. The summed E-state index contributed by atoms with van der Waals surface area (Å²) in [7, 11) is 0. The molecule has 0 aromatic heterocycles. The zero-order chi connectivity index (χ0) is 14.0. The van der Waals surface area contributed by atoms with Crippen LogP contribution in [0, 0.1) is 0 Å². The Bertz CT molecular complexity index is 486. The summed E-state index contributed by atoms with van der Waals surface area (Å²) in [6.45, 7) is 3.99. The van der Waals surface area contributed by atoms with E-state index < -0.39 is 6.10 Å². The molecule has 0 fully saturated rings. The van der Waals surface area contributed by atoms with Gasteiger partial charge in [-0.3, -0.25) is 4.79 Å². The second-order valence-corrected chi connectivity index (χ2v) is 5.60. The number of aliphatic hydroxyl groups is 2. The molecule has 5 heteroatoms. The summed E-state index contributed by atoms with van der Waals surface area (Å²) < 4.78 is 0. The van der Waals surface area contributed by atoms with Gasteiger partial charge in [-0.15, -0.1) is 0 Å². The predicted molar refractivity (Wildman–Crippen MR) is 73.3 cm³/mol. The summed E-state index contributed by atoms with van der Waals surface area (Å²) in [6.07, 6.45) is -0.0117. The minimum atomic E-state index is -0.782. The number of anilines is 1. The highest BCUT2D eigenvalue weighted by Crippen LogP contribution is 2.25. The van der Waals surface area contributed by atoms with Crippen LogP contribution >= 0.6 is 0 Å². The van der Waals surface area contributed by atoms with Gasteiger partial charge in [0.1, 0.15) is 0 Å². The van der Waals surface area contributed by atoms with Crippen LogP contribution in [-0.4, -0.2) is 40.9 Å². The molecule has 1 heterocycles. The normalized spacial score (nSPS) is 18.4. The Balaban J connectivity index is 2.16. The van der Waals surface area contributed by atoms with Crippen molar-refractivity contribution in [1.82, 2.24) is 5.32 Å². The molecule has 0 radical (unpaired) electrons. The van der Waals surface area contributed by atoms with E-state index in [9.17, 15) is 9.90 Å². The number of carbonyl (C=O) groups excluding carboxylic acids is 1. The Kier molecular flexibility index (Phi) is 3.78. The Hall–Kier alpha value is -1.59. The van der Waals surface area contributed by atoms with Crippen molar-refractivity contribution in [2.45, 2.75) is 31.9 Å². The number of rotatable bonds is 4. The molecule has 1 aromatic rings. The number of hydrogen-bond donors (Lipinski definition) is 4. The summed E-state index contributed by atoms with van der Waals surface area (Å²) in [5, 5.41) is 24.1. The first-order valence-corrected chi connectivity index (χ1v) is 6.39. The molecular formula is C14H20N2O3. The molecule has 0 bridgehead atoms. The molecule has 1 aromatic carbocycles. The van der Waals surface area contributed by atoms with Gasteiger partial charge in [0.25, 0.3) is 5.91 Å². The topological polar surface area (TPSA) is 81.6 Å². The molecule has 1 unspecified atom stereocenters. The maximum Gasteiger partial charge on any atom is 0.251 e. The Morgan fingerprint density at radius 1 is 1.47 bits per heavy atom. The van der Waals surface area contributed by atoms with E-state index in [4.69, 9.17) is 5.11 Å². The van der Waals surface area contributed by atoms with Crippen LogP contribution in [0.25, 0.3) is 0 Å². The molecular weight excluding hydrogens is 244 g/mol. The number of hydrogen-bond acceptors (Lipinski definition) is 4. The minimum absolute atomic E-state index is 0.0480. The molecule has 0 aliphatic carbocycles. The lowest BCUT2D eigenvalue weighted by atomic mass is 9.87. The van der Waals surface area contributed by atoms with E-state index in [1.807, 2.05) is 19.9 Å². The van der Waals surface area contributed by atoms with E-state index in [-0.39, 0.29) is 24.6 Å². The van der Waals surface area contributed by atoms with Crippen molar-refractivity contribution >= 4 is 11.6 Å². The fourth-order valence-electron chi connectivity index (χ4n) is 2.27. The third-order valence-corrected chi connectivity index (χ3v) is 3.19. The Morgan fingerprint density at radius 3 is 2.89 bits per heavy atom. The molecule has 0 spiro atoms. The first kappa shape index (κ1) is 13.8. The van der Waals surface area contributed by atoms with E-state index in [0.717, 1.165) is 17.7 Å². The van der Waals surface area contributed by atoms with E-state index in [1.165, 1.54) is 0 Å². The molecule has 1 atom stereocenters. The minimum Gasteiger partial charge on any atom is -0.394 e. The van der Waals surface area contributed by atoms with Gasteiger partial charge in [0.05, 0.1) is 12.7 Å². The largest absolute Gasteiger partial charge is 0.394 e. The lowest BCUT2D eigenvalue weighted by Crippen LogP contribution is -2.49. The van der Waals surface area contributed by atoms with Crippen LogP contribution in [0.4, 0.5) is 5.69 Å². The van der Waals surface area contributed by atoms with Gasteiger partial charge in [-0.2, -0.15) is 0 Å². The van der Waals surface area contributed by atoms with Crippen LogP contribution in [0.3, 0.4) is 0 Å². The van der Waals surface area contributed by atoms with Gasteiger partial charge in [0.15, 0.2) is 0 Å². The molecule has 1 aliphatic heterocycles. The maximum absolute atomic E-state index is 11.9. The van der Waals surface area contributed by atoms with Gasteiger partial charge in [-0.05, 0) is 44.0 Å². The molecule has 1 aliphatic rings. The lowest BCUT2D eigenvalue weighted by Gasteiger charge is -2.32. The number of nitrogens with one attached hydrogen (secondary N) is 2. The summed E-state index contributed by atoms with van der Waals surface area (Å²) in [4.78, 5) is 11.9. The number of aliphatic hydroxyl groups excluding tert-OH is 2. The van der Waals surface area contributed by atoms with Crippen molar-refractivity contribution in [3.8, 4) is 0 Å². The van der Waals surface area contributed by atoms with Gasteiger partial charge in [-0.1, -0.05) is 0 Å². The lowest BCUT2D eigenvalue weighted by molar-refractivity contribution is 0.0897. The van der Waals surface area contributed by atoms with Crippen LogP contribution < -0.4 is 10.6 Å². The van der Waals surface area contributed by atoms with Crippen molar-refractivity contribution < 1.29 is 15.0 Å². The molecule has 4 N–H and O–H groups in total. The molecule has 104 valence electrons. The number of carbonyl (C=O) groups is 1. The zero-order valence-corrected chi connectivity index (χ0v) is 11.2. The number of fused-ring (bicyclic) bond motifs is 1. The smallest absolute Gasteiger partial charge is 0.251 e. The van der Waals surface area contributed by atoms with E-state index >= 15 is 0 Å². The van der Waals surface area contributed by atoms with Crippen molar-refractivity contribution in [1.29, 1.82) is 0 Å². The standard InChI is InChI=1S/C14H20N2O3/c1-14(2)6-9-5-10(15-7-11(18)8-17)3-4-12(9)13(19)16-14/h3-5,11,15,17-18H,6-8H2,1-2H3,(H,16,19). The van der Waals surface area contributed by atoms with Gasteiger partial charge in [-0.25, -0.2) is 0 Å². The van der Waals surface area contributed by atoms with Crippen LogP contribution in [0.1, 0.15) is 29.8 Å². The van der Waals surface area contributed by atoms with Crippen molar-refractivity contribution in [3.63, 3.8) is 0 Å². The van der Waals surface area contributed by atoms with Crippen molar-refractivity contribution in [2.24, 2.45) is 0 Å². The highest BCUT2D eigenvalue weighted by atomic mass is 16.3. The van der Waals surface area contributed by atoms with Crippen LogP contribution in [0.2, 0.25) is 0 Å². The predicted octanol–water partition coefficient (Wildman–Crippen LogP) is 0.516. The molecule has 5 nitrogen and oxygen atoms in total. The van der Waals surface area contributed by atoms with Gasteiger partial charge in [0.2, 0.25) is 0 Å². The Morgan fingerprint density at radius 2 is 2.21 bits per heavy atom. The monoisotopic (exact) mass is 264 g/mol. The summed E-state index contributed by atoms with van der Waals surface area (Å²) in [6, 6.07) is 5.52. The maximum atomic E-state index is 11.9. The third-order valence-electron chi connectivity index (χ3n) is 3.19. The fourth-order valence-corrected chi connectivity index (χ4v) is 2.27. The van der Waals surface area contributed by atoms with E-state index in [1.54, 1.807) is 12.1 Å². The second-order valence-electron chi connectivity index (χ2n) is 5.60. The van der Waals surface area contributed by atoms with Gasteiger partial charge < -0.3 is 20.8 Å². The number of amides is 1. The van der Waals surface area contributed by atoms with E-state index in [0.29, 0.717) is 5.56 Å². The van der Waals surface area contributed by atoms with Gasteiger partial charge >= 0.3 is 0 Å². The zero-order valence-electron chi connectivity index (χ0n) is 11.2. The molecule has 19 heavy (non-hydrogen) atoms. The second kappa shape index (κ2) is 5.19. The highest BCUT2D eigenvalue weighted by molar-refractivity contribution is 5.97. The van der Waals surface area contributed by atoms with Crippen LogP contribution in [-0.2, 0) is 6.42 Å². The average molecular weight is 264 g/mol. The van der Waals surface area contributed by atoms with Crippen LogP contribution in [0.5, 0.6) is 0 Å². The molecule has 1 amide bonds. The molecule has 0 saturated carbocycles. The first-order valence-electron chi connectivity index (χ1n) is 6.39. The average Bonchev–Trinajstić information content (AvgIpc) is 2.33. The molecule has 2 rings (SSSR count). The van der Waals surface area contributed by atoms with E-state index in [2.05, 4.69) is 10.6 Å². The SMILES string of the molecule is CC1(C)Cc2cc(NCC(O)CO)ccc2C(=O)N1. The Labute approximate surface area is 112 Å². The van der Waals surface area contributed by atoms with Gasteiger partial charge in [0, 0.05) is 23.3 Å². The molecule has 0 saturated heterocycles. The quantitative estimate of drug-likeness (QED) is 0.639. The third kappa shape index (κ3) is 3.24. The fraction of sp³-hybridized carbons (Fsp3) is 0.500. The van der Waals surface area contributed by atoms with Crippen molar-refractivity contribution in [2.75, 3.05) is 18.5 Å². The summed E-state index contributed by atoms with van der Waals surface area (Å²) in [5.74, 6) is -0.0480. The number of benzene rings is 1. The summed E-state index contributed by atoms with van der Waals surface area (Å²) in [5.41, 5.74) is 2.30. The highest BCUT2D eigenvalue weighted by Gasteiger charge is 2.29. The summed E-state index contributed by atoms with van der Waals surface area (Å²) >= 11 is 0.